The molecule has 0 aliphatic carbocycles. The summed E-state index contributed by atoms with van der Waals surface area (Å²) < 4.78 is 0. The number of amides is 1. The monoisotopic (exact) mass is 331 g/mol. The molecule has 23 heavy (non-hydrogen) atoms. The fourth-order valence-corrected chi connectivity index (χ4v) is 3.58. The number of carbonyl (C=O) groups excluding carboxylic acids is 1. The van der Waals surface area contributed by atoms with Gasteiger partial charge in [0.15, 0.2) is 5.17 Å². The van der Waals surface area contributed by atoms with Gasteiger partial charge in [-0.1, -0.05) is 19.1 Å². The van der Waals surface area contributed by atoms with E-state index in [9.17, 15) is 14.9 Å². The lowest BCUT2D eigenvalue weighted by Gasteiger charge is -2.30. The molecule has 3 rings (SSSR count). The van der Waals surface area contributed by atoms with E-state index in [0.717, 1.165) is 31.1 Å². The number of amidine groups is 1. The molecule has 1 saturated heterocycles. The first-order chi connectivity index (χ1) is 11.0. The molecule has 0 radical (unpaired) electrons. The van der Waals surface area contributed by atoms with E-state index in [0.29, 0.717) is 16.4 Å². The van der Waals surface area contributed by atoms with Crippen molar-refractivity contribution in [3.05, 3.63) is 44.8 Å². The highest BCUT2D eigenvalue weighted by Gasteiger charge is 2.28. The summed E-state index contributed by atoms with van der Waals surface area (Å²) in [6, 6.07) is 6.25. The van der Waals surface area contributed by atoms with Crippen LogP contribution < -0.4 is 0 Å². The van der Waals surface area contributed by atoms with Crippen LogP contribution in [0.2, 0.25) is 0 Å². The van der Waals surface area contributed by atoms with Crippen LogP contribution in [-0.4, -0.2) is 34.0 Å². The molecule has 2 aliphatic heterocycles. The molecule has 1 aromatic rings. The smallest absolute Gasteiger partial charge is 0.286 e. The van der Waals surface area contributed by atoms with Gasteiger partial charge < -0.3 is 4.90 Å². The predicted octanol–water partition coefficient (Wildman–Crippen LogP) is 3.30. The molecule has 1 aromatic carbocycles. The van der Waals surface area contributed by atoms with E-state index in [-0.39, 0.29) is 11.6 Å². The molecule has 7 heteroatoms. The van der Waals surface area contributed by atoms with Gasteiger partial charge in [0.2, 0.25) is 0 Å². The molecule has 2 aliphatic rings. The summed E-state index contributed by atoms with van der Waals surface area (Å²) >= 11 is 1.35. The van der Waals surface area contributed by atoms with Crippen LogP contribution in [0.5, 0.6) is 0 Å². The maximum absolute atomic E-state index is 12.1. The highest BCUT2D eigenvalue weighted by molar-refractivity contribution is 8.18. The Balaban J connectivity index is 1.74. The average molecular weight is 331 g/mol. The summed E-state index contributed by atoms with van der Waals surface area (Å²) in [6.45, 7) is 4.08. The Morgan fingerprint density at radius 3 is 2.83 bits per heavy atom. The van der Waals surface area contributed by atoms with Gasteiger partial charge in [0.1, 0.15) is 0 Å². The Labute approximate surface area is 138 Å². The molecule has 0 saturated carbocycles. The first-order valence-electron chi connectivity index (χ1n) is 7.55. The van der Waals surface area contributed by atoms with Gasteiger partial charge in [0.25, 0.3) is 11.6 Å². The van der Waals surface area contributed by atoms with Gasteiger partial charge in [-0.3, -0.25) is 14.9 Å². The standard InChI is InChI=1S/C16H17N3O3S/c1-11-5-7-18(8-6-11)16-17-15(20)14(23-16)10-12-3-2-4-13(9-12)19(21)22/h2-4,9-11H,5-8H2,1H3/b14-10-. The number of likely N-dealkylation sites (tertiary alicyclic amines) is 1. The molecule has 0 bridgehead atoms. The number of nitrogens with zero attached hydrogens (tertiary/aromatic N) is 3. The Hall–Kier alpha value is -2.15. The fraction of sp³-hybridized carbons (Fsp3) is 0.375. The lowest BCUT2D eigenvalue weighted by molar-refractivity contribution is -0.384. The second-order valence-corrected chi connectivity index (χ2v) is 6.84. The van der Waals surface area contributed by atoms with Gasteiger partial charge in [-0.05, 0) is 42.2 Å². The first kappa shape index (κ1) is 15.7. The number of aliphatic imine (C=N–C) groups is 1. The molecule has 120 valence electrons. The van der Waals surface area contributed by atoms with Crippen LogP contribution >= 0.6 is 11.8 Å². The van der Waals surface area contributed by atoms with Crippen molar-refractivity contribution in [2.24, 2.45) is 10.9 Å². The van der Waals surface area contributed by atoms with Crippen LogP contribution in [0.25, 0.3) is 6.08 Å². The van der Waals surface area contributed by atoms with E-state index in [1.165, 1.54) is 23.9 Å². The van der Waals surface area contributed by atoms with Crippen LogP contribution in [0, 0.1) is 16.0 Å². The van der Waals surface area contributed by atoms with Gasteiger partial charge >= 0.3 is 0 Å². The molecule has 2 heterocycles. The highest BCUT2D eigenvalue weighted by Crippen LogP contribution is 2.32. The molecule has 1 fully saturated rings. The minimum absolute atomic E-state index is 0.0148. The molecule has 6 nitrogen and oxygen atoms in total. The third kappa shape index (κ3) is 3.61. The highest BCUT2D eigenvalue weighted by atomic mass is 32.2. The summed E-state index contributed by atoms with van der Waals surface area (Å²) in [4.78, 5) is 29.3. The SMILES string of the molecule is CC1CCN(C2=NC(=O)/C(=C/c3cccc([N+](=O)[O-])c3)S2)CC1. The molecular formula is C16H17N3O3S. The van der Waals surface area contributed by atoms with Gasteiger partial charge in [-0.15, -0.1) is 0 Å². The number of nitro groups is 1. The maximum atomic E-state index is 12.1. The zero-order chi connectivity index (χ0) is 16.4. The Morgan fingerprint density at radius 1 is 1.39 bits per heavy atom. The largest absolute Gasteiger partial charge is 0.351 e. The van der Waals surface area contributed by atoms with Crippen molar-refractivity contribution >= 4 is 34.6 Å². The van der Waals surface area contributed by atoms with Gasteiger partial charge in [-0.2, -0.15) is 4.99 Å². The van der Waals surface area contributed by atoms with Crippen molar-refractivity contribution in [2.45, 2.75) is 19.8 Å². The zero-order valence-corrected chi connectivity index (χ0v) is 13.6. The van der Waals surface area contributed by atoms with Crippen molar-refractivity contribution in [2.75, 3.05) is 13.1 Å². The zero-order valence-electron chi connectivity index (χ0n) is 12.8. The summed E-state index contributed by atoms with van der Waals surface area (Å²) in [5.74, 6) is 0.448. The third-order valence-electron chi connectivity index (χ3n) is 4.04. The van der Waals surface area contributed by atoms with Crippen LogP contribution in [0.15, 0.2) is 34.2 Å². The average Bonchev–Trinajstić information content (AvgIpc) is 2.89. The number of piperidine rings is 1. The van der Waals surface area contributed by atoms with Gasteiger partial charge in [-0.25, -0.2) is 0 Å². The van der Waals surface area contributed by atoms with Crippen LogP contribution in [0.4, 0.5) is 5.69 Å². The van der Waals surface area contributed by atoms with E-state index in [1.54, 1.807) is 18.2 Å². The van der Waals surface area contributed by atoms with Crippen LogP contribution in [0.3, 0.4) is 0 Å². The Bertz CT molecular complexity index is 706. The van der Waals surface area contributed by atoms with E-state index in [1.807, 2.05) is 0 Å². The van der Waals surface area contributed by atoms with E-state index < -0.39 is 4.92 Å². The van der Waals surface area contributed by atoms with Crippen molar-refractivity contribution in [3.8, 4) is 0 Å². The second kappa shape index (κ2) is 6.54. The lowest BCUT2D eigenvalue weighted by Crippen LogP contribution is -2.35. The number of rotatable bonds is 2. The molecule has 0 aromatic heterocycles. The summed E-state index contributed by atoms with van der Waals surface area (Å²) in [5, 5.41) is 11.6. The predicted molar refractivity (Wildman–Crippen MR) is 91.1 cm³/mol. The van der Waals surface area contributed by atoms with Crippen molar-refractivity contribution in [1.29, 1.82) is 0 Å². The van der Waals surface area contributed by atoms with Gasteiger partial charge in [0.05, 0.1) is 9.83 Å². The minimum Gasteiger partial charge on any atom is -0.351 e. The van der Waals surface area contributed by atoms with Gasteiger partial charge in [0, 0.05) is 25.2 Å². The van der Waals surface area contributed by atoms with Crippen molar-refractivity contribution in [1.82, 2.24) is 4.90 Å². The molecule has 0 N–H and O–H groups in total. The van der Waals surface area contributed by atoms with Crippen LogP contribution in [-0.2, 0) is 4.79 Å². The number of nitro benzene ring substituents is 1. The van der Waals surface area contributed by atoms with E-state index in [2.05, 4.69) is 16.8 Å². The second-order valence-electron chi connectivity index (χ2n) is 5.83. The topological polar surface area (TPSA) is 75.8 Å². The number of hydrogen-bond acceptors (Lipinski definition) is 5. The normalized spacial score (nSPS) is 20.9. The number of benzene rings is 1. The lowest BCUT2D eigenvalue weighted by atomic mass is 10.00. The molecule has 1 amide bonds. The summed E-state index contributed by atoms with van der Waals surface area (Å²) in [5.41, 5.74) is 0.653. The molecule has 0 spiro atoms. The van der Waals surface area contributed by atoms with E-state index in [4.69, 9.17) is 0 Å². The Kier molecular flexibility index (Phi) is 4.47. The number of hydrogen-bond donors (Lipinski definition) is 0. The van der Waals surface area contributed by atoms with Crippen molar-refractivity contribution in [3.63, 3.8) is 0 Å². The number of thioether (sulfide) groups is 1. The summed E-state index contributed by atoms with van der Waals surface area (Å²) in [7, 11) is 0. The molecule has 0 atom stereocenters. The quantitative estimate of drug-likeness (QED) is 0.472. The maximum Gasteiger partial charge on any atom is 0.286 e. The summed E-state index contributed by atoms with van der Waals surface area (Å²) in [6.07, 6.45) is 3.89. The Morgan fingerprint density at radius 2 is 2.13 bits per heavy atom. The molecule has 0 unspecified atom stereocenters. The van der Waals surface area contributed by atoms with Crippen molar-refractivity contribution < 1.29 is 9.72 Å². The van der Waals surface area contributed by atoms with E-state index >= 15 is 0 Å². The van der Waals surface area contributed by atoms with Crippen LogP contribution in [0.1, 0.15) is 25.3 Å². The number of carbonyl (C=O) groups is 1. The fourth-order valence-electron chi connectivity index (χ4n) is 2.61. The first-order valence-corrected chi connectivity index (χ1v) is 8.36. The molecular weight excluding hydrogens is 314 g/mol. The third-order valence-corrected chi connectivity index (χ3v) is 5.09. The minimum atomic E-state index is -0.442. The number of non-ortho nitro benzene ring substituents is 1.